The number of hydrogen-bond acceptors (Lipinski definition) is 10. The molecule has 0 aromatic carbocycles. The molecule has 0 N–H and O–H groups in total. The summed E-state index contributed by atoms with van der Waals surface area (Å²) in [7, 11) is 2.38. The van der Waals surface area contributed by atoms with E-state index in [1.54, 1.807) is 0 Å². The van der Waals surface area contributed by atoms with Gasteiger partial charge in [0.25, 0.3) is 17.9 Å². The van der Waals surface area contributed by atoms with Gasteiger partial charge >= 0.3 is 0 Å². The van der Waals surface area contributed by atoms with E-state index in [0.717, 1.165) is 30.7 Å². The molecule has 0 saturated carbocycles. The molecule has 0 saturated heterocycles. The summed E-state index contributed by atoms with van der Waals surface area (Å²) in [5.41, 5.74) is 0.0735. The molecule has 0 aromatic heterocycles. The van der Waals surface area contributed by atoms with Gasteiger partial charge in [-0.3, -0.25) is 0 Å². The average Bonchev–Trinajstić information content (AvgIpc) is 2.89. The number of ether oxygens (including phenoxy) is 9. The Morgan fingerprint density at radius 1 is 0.375 bits per heavy atom. The van der Waals surface area contributed by atoms with Crippen molar-refractivity contribution in [1.29, 1.82) is 0 Å². The third-order valence-corrected chi connectivity index (χ3v) is 9.73. The zero-order valence-electron chi connectivity index (χ0n) is 27.8. The number of nitrogens with zero attached hydrogens (tertiary/aromatic N) is 1. The molecule has 0 bridgehead atoms. The van der Waals surface area contributed by atoms with Crippen LogP contribution in [0, 0.1) is 0 Å². The molecule has 0 rings (SSSR count). The molecule has 0 aromatic rings. The Labute approximate surface area is 254 Å². The van der Waals surface area contributed by atoms with Crippen LogP contribution >= 0.6 is 0 Å². The normalized spacial score (nSPS) is 15.8. The largest absolute Gasteiger partial charge is 0.328 e. The lowest BCUT2D eigenvalue weighted by Gasteiger charge is -2.44. The van der Waals surface area contributed by atoms with Gasteiger partial charge in [0.1, 0.15) is 0 Å². The Hall–Kier alpha value is 0.251. The molecule has 3 unspecified atom stereocenters. The van der Waals surface area contributed by atoms with Gasteiger partial charge in [0.15, 0.2) is 0 Å². The van der Waals surface area contributed by atoms with Crippen molar-refractivity contribution in [3.05, 3.63) is 0 Å². The van der Waals surface area contributed by atoms with Crippen molar-refractivity contribution in [1.82, 2.24) is 4.90 Å². The molecular weight excluding hydrogens is 567 g/mol. The minimum atomic E-state index is -1.09. The Morgan fingerprint density at radius 3 is 0.650 bits per heavy atom. The maximum Gasteiger partial charge on any atom is 0.283 e. The monoisotopic (exact) mass is 629 g/mol. The van der Waals surface area contributed by atoms with Crippen LogP contribution in [0.2, 0.25) is 16.6 Å². The highest BCUT2D eigenvalue weighted by Gasteiger charge is 2.45. The van der Waals surface area contributed by atoms with Crippen molar-refractivity contribution in [2.45, 2.75) is 96.9 Å². The quantitative estimate of drug-likeness (QED) is 0.0971. The second kappa shape index (κ2) is 21.9. The molecule has 0 fully saturated rings. The minimum absolute atomic E-state index is 0.0245. The zero-order valence-corrected chi connectivity index (χ0v) is 33.8. The molecule has 10 nitrogen and oxygen atoms in total. The van der Waals surface area contributed by atoms with E-state index < -0.39 is 17.9 Å². The van der Waals surface area contributed by atoms with Crippen molar-refractivity contribution >= 4 is 30.7 Å². The molecule has 0 heterocycles. The fourth-order valence-corrected chi connectivity index (χ4v) is 8.24. The van der Waals surface area contributed by atoms with E-state index in [4.69, 9.17) is 42.6 Å². The van der Waals surface area contributed by atoms with E-state index in [9.17, 15) is 0 Å². The van der Waals surface area contributed by atoms with E-state index in [1.807, 2.05) is 62.3 Å². The molecule has 0 aliphatic rings. The summed E-state index contributed by atoms with van der Waals surface area (Å²) >= 11 is 0. The van der Waals surface area contributed by atoms with Gasteiger partial charge in [0.2, 0.25) is 0 Å². The molecule has 0 radical (unpaired) electrons. The van der Waals surface area contributed by atoms with Crippen LogP contribution in [0.25, 0.3) is 0 Å². The van der Waals surface area contributed by atoms with Gasteiger partial charge < -0.3 is 47.5 Å². The van der Waals surface area contributed by atoms with Gasteiger partial charge in [0.05, 0.1) is 0 Å². The molecule has 13 heteroatoms. The van der Waals surface area contributed by atoms with Crippen LogP contribution in [0.15, 0.2) is 0 Å². The molecule has 0 aliphatic carbocycles. The van der Waals surface area contributed by atoms with E-state index in [0.29, 0.717) is 79.1 Å². The maximum atomic E-state index is 6.18. The van der Waals surface area contributed by atoms with Gasteiger partial charge in [-0.15, -0.1) is 0 Å². The van der Waals surface area contributed by atoms with Gasteiger partial charge in [0, 0.05) is 126 Å². The van der Waals surface area contributed by atoms with Crippen LogP contribution in [-0.4, -0.2) is 133 Å². The lowest BCUT2D eigenvalue weighted by atomic mass is 10.2. The number of rotatable bonds is 27. The first kappa shape index (κ1) is 40.3. The summed E-state index contributed by atoms with van der Waals surface area (Å²) in [6, 6.07) is 0. The highest BCUT2D eigenvalue weighted by molar-refractivity contribution is 6.13. The molecule has 3 atom stereocenters. The van der Waals surface area contributed by atoms with Crippen molar-refractivity contribution in [2.75, 3.05) is 79.1 Å². The minimum Gasteiger partial charge on any atom is -0.328 e. The van der Waals surface area contributed by atoms with Crippen molar-refractivity contribution in [3.63, 3.8) is 0 Å². The lowest BCUT2D eigenvalue weighted by Crippen LogP contribution is -2.53. The summed E-state index contributed by atoms with van der Waals surface area (Å²) in [5.74, 6) is -3.26. The SMILES string of the molecule is CCOC(OCC)(OCC)C([SiH3])CN(CC([SiH3])C(OCC)(OCC)OCC)CC([SiH3])C(OCC)(OCC)OCC. The molecule has 242 valence electrons. The summed E-state index contributed by atoms with van der Waals surface area (Å²) in [6.07, 6.45) is 0. The Kier molecular flexibility index (Phi) is 22.0. The fraction of sp³-hybridized carbons (Fsp3) is 1.00. The van der Waals surface area contributed by atoms with Crippen LogP contribution in [-0.2, 0) is 42.6 Å². The third kappa shape index (κ3) is 12.1. The second-order valence-electron chi connectivity index (χ2n) is 9.63. The second-order valence-corrected chi connectivity index (χ2v) is 13.8. The van der Waals surface area contributed by atoms with E-state index >= 15 is 0 Å². The Morgan fingerprint density at radius 2 is 0.525 bits per heavy atom. The predicted octanol–water partition coefficient (Wildman–Crippen LogP) is 1.04. The molecule has 0 aliphatic heterocycles. The predicted molar refractivity (Wildman–Crippen MR) is 170 cm³/mol. The first-order valence-corrected chi connectivity index (χ1v) is 19.0. The molecular formula is C27H63NO9Si3. The summed E-state index contributed by atoms with van der Waals surface area (Å²) < 4.78 is 55.6. The standard InChI is InChI=1S/C27H63NO9Si3/c1-10-29-25(30-11-2,31-12-3)22(38)19-28(20-23(39)26(32-13-4,33-14-5)34-15-6)21-24(40)27(35-16-7,36-17-8)37-18-9/h22-24H,10-21H2,1-9,38-40H3. The Balaban J connectivity index is 6.50. The van der Waals surface area contributed by atoms with Crippen molar-refractivity contribution in [3.8, 4) is 0 Å². The van der Waals surface area contributed by atoms with Crippen LogP contribution in [0.4, 0.5) is 0 Å². The molecule has 40 heavy (non-hydrogen) atoms. The summed E-state index contributed by atoms with van der Waals surface area (Å²) in [4.78, 5) is 2.43. The zero-order chi connectivity index (χ0) is 30.7. The smallest absolute Gasteiger partial charge is 0.283 e. The maximum absolute atomic E-state index is 6.18. The first-order chi connectivity index (χ1) is 19.1. The van der Waals surface area contributed by atoms with Gasteiger partial charge in [-0.25, -0.2) is 0 Å². The van der Waals surface area contributed by atoms with E-state index in [1.165, 1.54) is 0 Å². The topological polar surface area (TPSA) is 86.3 Å². The summed E-state index contributed by atoms with van der Waals surface area (Å²) in [6.45, 7) is 24.3. The molecule has 0 amide bonds. The fourth-order valence-electron chi connectivity index (χ4n) is 5.19. The van der Waals surface area contributed by atoms with Crippen LogP contribution in [0.1, 0.15) is 62.3 Å². The highest BCUT2D eigenvalue weighted by Crippen LogP contribution is 2.35. The van der Waals surface area contributed by atoms with Crippen molar-refractivity contribution in [2.24, 2.45) is 0 Å². The third-order valence-electron chi connectivity index (χ3n) is 6.52. The van der Waals surface area contributed by atoms with Crippen LogP contribution in [0.3, 0.4) is 0 Å². The average molecular weight is 630 g/mol. The van der Waals surface area contributed by atoms with E-state index in [-0.39, 0.29) is 16.6 Å². The van der Waals surface area contributed by atoms with Gasteiger partial charge in [-0.1, -0.05) is 0 Å². The highest BCUT2D eigenvalue weighted by atomic mass is 28.2. The lowest BCUT2D eigenvalue weighted by molar-refractivity contribution is -0.384. The Bertz CT molecular complexity index is 492. The summed E-state index contributed by atoms with van der Waals surface area (Å²) in [5, 5.41) is 0. The van der Waals surface area contributed by atoms with Crippen molar-refractivity contribution < 1.29 is 42.6 Å². The number of hydrogen-bond donors (Lipinski definition) is 0. The van der Waals surface area contributed by atoms with Gasteiger partial charge in [-0.2, -0.15) is 0 Å². The van der Waals surface area contributed by atoms with E-state index in [2.05, 4.69) is 4.90 Å². The first-order valence-electron chi connectivity index (χ1n) is 15.6. The van der Waals surface area contributed by atoms with Crippen LogP contribution in [0.5, 0.6) is 0 Å². The molecule has 0 spiro atoms. The van der Waals surface area contributed by atoms with Crippen LogP contribution < -0.4 is 0 Å². The van der Waals surface area contributed by atoms with Gasteiger partial charge in [-0.05, 0) is 62.3 Å².